The summed E-state index contributed by atoms with van der Waals surface area (Å²) in [6, 6.07) is 7.95. The van der Waals surface area contributed by atoms with Gasteiger partial charge < -0.3 is 5.73 Å². The Morgan fingerprint density at radius 3 is 2.89 bits per heavy atom. The molecular formula is C13H12N4S. The third kappa shape index (κ3) is 2.23. The van der Waals surface area contributed by atoms with Crippen molar-refractivity contribution in [3.05, 3.63) is 53.6 Å². The molecule has 0 aliphatic carbocycles. The Morgan fingerprint density at radius 1 is 1.22 bits per heavy atom. The van der Waals surface area contributed by atoms with Crippen LogP contribution in [0.25, 0.3) is 10.2 Å². The van der Waals surface area contributed by atoms with Crippen LogP contribution in [0.3, 0.4) is 0 Å². The average molecular weight is 256 g/mol. The lowest BCUT2D eigenvalue weighted by Crippen LogP contribution is -2.14. The van der Waals surface area contributed by atoms with Crippen molar-refractivity contribution in [1.82, 2.24) is 15.0 Å². The zero-order valence-electron chi connectivity index (χ0n) is 9.65. The van der Waals surface area contributed by atoms with Gasteiger partial charge in [-0.25, -0.2) is 4.98 Å². The number of fused-ring (bicyclic) bond motifs is 1. The highest BCUT2D eigenvalue weighted by atomic mass is 32.1. The average Bonchev–Trinajstić information content (AvgIpc) is 2.82. The summed E-state index contributed by atoms with van der Waals surface area (Å²) in [6.07, 6.45) is 5.71. The van der Waals surface area contributed by atoms with Gasteiger partial charge in [0.2, 0.25) is 0 Å². The summed E-state index contributed by atoms with van der Waals surface area (Å²) in [5, 5.41) is 1.04. The van der Waals surface area contributed by atoms with Crippen molar-refractivity contribution in [2.75, 3.05) is 0 Å². The summed E-state index contributed by atoms with van der Waals surface area (Å²) in [5.74, 6) is 0. The van der Waals surface area contributed by atoms with Crippen LogP contribution in [0, 0.1) is 0 Å². The van der Waals surface area contributed by atoms with Crippen LogP contribution >= 0.6 is 11.3 Å². The molecule has 0 aliphatic rings. The third-order valence-corrected chi connectivity index (χ3v) is 3.75. The molecule has 0 saturated carbocycles. The lowest BCUT2D eigenvalue weighted by molar-refractivity contribution is 0.689. The molecule has 3 aromatic rings. The largest absolute Gasteiger partial charge is 0.322 e. The molecule has 2 N–H and O–H groups in total. The summed E-state index contributed by atoms with van der Waals surface area (Å²) >= 11 is 1.68. The quantitative estimate of drug-likeness (QED) is 0.781. The molecule has 1 aromatic carbocycles. The van der Waals surface area contributed by atoms with Gasteiger partial charge in [0.05, 0.1) is 27.0 Å². The number of nitrogens with two attached hydrogens (primary N) is 1. The van der Waals surface area contributed by atoms with Gasteiger partial charge in [-0.2, -0.15) is 0 Å². The molecule has 0 fully saturated rings. The number of aromatic nitrogens is 3. The van der Waals surface area contributed by atoms with E-state index in [0.29, 0.717) is 6.42 Å². The van der Waals surface area contributed by atoms with Gasteiger partial charge in [-0.15, -0.1) is 11.3 Å². The van der Waals surface area contributed by atoms with E-state index in [1.165, 1.54) is 4.70 Å². The van der Waals surface area contributed by atoms with Crippen LogP contribution < -0.4 is 5.73 Å². The third-order valence-electron chi connectivity index (χ3n) is 2.70. The van der Waals surface area contributed by atoms with E-state index in [2.05, 4.69) is 21.0 Å². The predicted octanol–water partition coefficient (Wildman–Crippen LogP) is 2.33. The van der Waals surface area contributed by atoms with Crippen LogP contribution in [0.5, 0.6) is 0 Å². The number of rotatable bonds is 3. The minimum atomic E-state index is -0.153. The summed E-state index contributed by atoms with van der Waals surface area (Å²) < 4.78 is 1.19. The van der Waals surface area contributed by atoms with Crippen molar-refractivity contribution in [2.45, 2.75) is 12.5 Å². The molecule has 0 radical (unpaired) electrons. The van der Waals surface area contributed by atoms with Crippen LogP contribution in [-0.4, -0.2) is 15.0 Å². The standard InChI is InChI=1S/C13H12N4S/c14-9(11-8-15-5-6-16-11)7-13-17-10-3-1-2-4-12(10)18-13/h1-6,8-9H,7,14H2. The van der Waals surface area contributed by atoms with Crippen LogP contribution in [0.4, 0.5) is 0 Å². The molecule has 0 spiro atoms. The first-order chi connectivity index (χ1) is 8.83. The van der Waals surface area contributed by atoms with Crippen LogP contribution in [0.2, 0.25) is 0 Å². The first-order valence-electron chi connectivity index (χ1n) is 5.69. The second-order valence-corrected chi connectivity index (χ2v) is 5.13. The number of thiazole rings is 1. The number of benzene rings is 1. The number of hydrogen-bond acceptors (Lipinski definition) is 5. The van der Waals surface area contributed by atoms with Crippen molar-refractivity contribution in [2.24, 2.45) is 5.73 Å². The molecule has 18 heavy (non-hydrogen) atoms. The molecule has 0 aliphatic heterocycles. The topological polar surface area (TPSA) is 64.7 Å². The zero-order chi connectivity index (χ0) is 12.4. The minimum absolute atomic E-state index is 0.153. The number of hydrogen-bond donors (Lipinski definition) is 1. The monoisotopic (exact) mass is 256 g/mol. The second kappa shape index (κ2) is 4.80. The number of nitrogens with zero attached hydrogens (tertiary/aromatic N) is 3. The molecule has 4 nitrogen and oxygen atoms in total. The van der Waals surface area contributed by atoms with E-state index < -0.39 is 0 Å². The molecule has 1 atom stereocenters. The van der Waals surface area contributed by atoms with Crippen LogP contribution in [-0.2, 0) is 6.42 Å². The number of para-hydroxylation sites is 1. The summed E-state index contributed by atoms with van der Waals surface area (Å²) in [6.45, 7) is 0. The van der Waals surface area contributed by atoms with E-state index in [1.54, 1.807) is 29.9 Å². The molecule has 90 valence electrons. The molecule has 3 rings (SSSR count). The van der Waals surface area contributed by atoms with Gasteiger partial charge in [-0.3, -0.25) is 9.97 Å². The molecular weight excluding hydrogens is 244 g/mol. The Labute approximate surface area is 109 Å². The Morgan fingerprint density at radius 2 is 2.11 bits per heavy atom. The highest BCUT2D eigenvalue weighted by Crippen LogP contribution is 2.24. The van der Waals surface area contributed by atoms with Crippen molar-refractivity contribution in [1.29, 1.82) is 0 Å². The lowest BCUT2D eigenvalue weighted by Gasteiger charge is -2.07. The highest BCUT2D eigenvalue weighted by molar-refractivity contribution is 7.18. The SMILES string of the molecule is NC(Cc1nc2ccccc2s1)c1cnccn1. The van der Waals surface area contributed by atoms with E-state index in [4.69, 9.17) is 5.73 Å². The normalized spacial score (nSPS) is 12.7. The zero-order valence-corrected chi connectivity index (χ0v) is 10.5. The predicted molar refractivity (Wildman–Crippen MR) is 72.3 cm³/mol. The van der Waals surface area contributed by atoms with Gasteiger partial charge >= 0.3 is 0 Å². The Hall–Kier alpha value is -1.85. The molecule has 5 heteroatoms. The maximum Gasteiger partial charge on any atom is 0.0958 e. The summed E-state index contributed by atoms with van der Waals surface area (Å²) in [5.41, 5.74) is 7.95. The molecule has 0 bridgehead atoms. The first kappa shape index (κ1) is 11.3. The Kier molecular flexibility index (Phi) is 3.00. The van der Waals surface area contributed by atoms with Gasteiger partial charge in [0.1, 0.15) is 0 Å². The van der Waals surface area contributed by atoms with Gasteiger partial charge in [0.25, 0.3) is 0 Å². The fraction of sp³-hybridized carbons (Fsp3) is 0.154. The van der Waals surface area contributed by atoms with Crippen LogP contribution in [0.1, 0.15) is 16.7 Å². The summed E-state index contributed by atoms with van der Waals surface area (Å²) in [7, 11) is 0. The van der Waals surface area contributed by atoms with Crippen LogP contribution in [0.15, 0.2) is 42.9 Å². The van der Waals surface area contributed by atoms with E-state index in [1.807, 2.05) is 18.2 Å². The lowest BCUT2D eigenvalue weighted by atomic mass is 10.2. The molecule has 2 heterocycles. The van der Waals surface area contributed by atoms with E-state index in [9.17, 15) is 0 Å². The van der Waals surface area contributed by atoms with Crippen molar-refractivity contribution in [3.8, 4) is 0 Å². The van der Waals surface area contributed by atoms with E-state index >= 15 is 0 Å². The van der Waals surface area contributed by atoms with Gasteiger partial charge in [-0.1, -0.05) is 12.1 Å². The van der Waals surface area contributed by atoms with Gasteiger partial charge in [0.15, 0.2) is 0 Å². The maximum atomic E-state index is 6.11. The second-order valence-electron chi connectivity index (χ2n) is 4.02. The van der Waals surface area contributed by atoms with Crippen molar-refractivity contribution in [3.63, 3.8) is 0 Å². The molecule has 1 unspecified atom stereocenters. The Bertz CT molecular complexity index is 617. The van der Waals surface area contributed by atoms with Gasteiger partial charge in [-0.05, 0) is 12.1 Å². The molecule has 0 amide bonds. The first-order valence-corrected chi connectivity index (χ1v) is 6.50. The molecule has 2 aromatic heterocycles. The Balaban J connectivity index is 1.84. The fourth-order valence-corrected chi connectivity index (χ4v) is 2.83. The highest BCUT2D eigenvalue weighted by Gasteiger charge is 2.11. The van der Waals surface area contributed by atoms with Gasteiger partial charge in [0, 0.05) is 25.0 Å². The smallest absolute Gasteiger partial charge is 0.0958 e. The maximum absolute atomic E-state index is 6.11. The molecule has 0 saturated heterocycles. The fourth-order valence-electron chi connectivity index (χ4n) is 1.80. The minimum Gasteiger partial charge on any atom is -0.322 e. The van der Waals surface area contributed by atoms with E-state index in [-0.39, 0.29) is 6.04 Å². The van der Waals surface area contributed by atoms with Crippen molar-refractivity contribution >= 4 is 21.6 Å². The van der Waals surface area contributed by atoms with E-state index in [0.717, 1.165) is 16.2 Å². The summed E-state index contributed by atoms with van der Waals surface area (Å²) in [4.78, 5) is 12.8. The van der Waals surface area contributed by atoms with Crippen molar-refractivity contribution < 1.29 is 0 Å².